The van der Waals surface area contributed by atoms with Gasteiger partial charge >= 0.3 is 6.09 Å². The largest absolute Gasteiger partial charge is 0.483 e. The van der Waals surface area contributed by atoms with Crippen LogP contribution in [0.4, 0.5) is 16.2 Å². The Bertz CT molecular complexity index is 751. The van der Waals surface area contributed by atoms with Gasteiger partial charge in [-0.25, -0.2) is 4.79 Å². The molecule has 0 fully saturated rings. The quantitative estimate of drug-likeness (QED) is 0.532. The fourth-order valence-electron chi connectivity index (χ4n) is 2.43. The van der Waals surface area contributed by atoms with Crippen molar-refractivity contribution < 1.29 is 19.4 Å². The van der Waals surface area contributed by atoms with Crippen molar-refractivity contribution in [1.29, 1.82) is 5.26 Å². The minimum absolute atomic E-state index is 0.221. The predicted molar refractivity (Wildman–Crippen MR) is 102 cm³/mol. The van der Waals surface area contributed by atoms with Crippen LogP contribution in [0.2, 0.25) is 0 Å². The number of likely N-dealkylation sites (N-methyl/N-ethyl adjacent to an activating group) is 1. The molecule has 0 saturated carbocycles. The van der Waals surface area contributed by atoms with E-state index in [1.807, 2.05) is 25.2 Å². The van der Waals surface area contributed by atoms with Gasteiger partial charge in [0.15, 0.2) is 5.84 Å². The lowest BCUT2D eigenvalue weighted by Crippen LogP contribution is -2.39. The lowest BCUT2D eigenvalue weighted by atomic mass is 10.2. The van der Waals surface area contributed by atoms with Crippen molar-refractivity contribution in [3.05, 3.63) is 18.2 Å². The highest BCUT2D eigenvalue weighted by molar-refractivity contribution is 6.02. The van der Waals surface area contributed by atoms with E-state index < -0.39 is 17.9 Å². The number of benzene rings is 1. The normalized spacial score (nSPS) is 16.0. The molecular formula is C18H25N5O4. The number of hydrogen-bond donors (Lipinski definition) is 3. The molecular weight excluding hydrogens is 350 g/mol. The molecule has 9 heteroatoms. The minimum Gasteiger partial charge on any atom is -0.483 e. The number of nitrogens with one attached hydrogen (secondary N) is 2. The molecule has 1 amide bonds. The monoisotopic (exact) mass is 375 g/mol. The summed E-state index contributed by atoms with van der Waals surface area (Å²) in [6.45, 7) is 5.92. The summed E-state index contributed by atoms with van der Waals surface area (Å²) in [6.07, 6.45) is 0.393. The molecule has 3 N–H and O–H groups in total. The predicted octanol–water partition coefficient (Wildman–Crippen LogP) is 2.04. The molecule has 0 radical (unpaired) electrons. The van der Waals surface area contributed by atoms with Crippen LogP contribution in [0.15, 0.2) is 23.2 Å². The van der Waals surface area contributed by atoms with Crippen LogP contribution in [-0.2, 0) is 4.74 Å². The number of rotatable bonds is 5. The molecule has 0 aromatic heterocycles. The maximum absolute atomic E-state index is 11.6. The molecule has 0 aliphatic carbocycles. The summed E-state index contributed by atoms with van der Waals surface area (Å²) in [5.41, 5.74) is 1.01. The number of aliphatic hydroxyl groups excluding tert-OH is 1. The van der Waals surface area contributed by atoms with Gasteiger partial charge in [0.05, 0.1) is 5.69 Å². The number of hydrogen-bond acceptors (Lipinski definition) is 7. The van der Waals surface area contributed by atoms with E-state index in [4.69, 9.17) is 14.7 Å². The zero-order chi connectivity index (χ0) is 20.0. The van der Waals surface area contributed by atoms with Crippen molar-refractivity contribution in [3.63, 3.8) is 0 Å². The lowest BCUT2D eigenvalue weighted by Gasteiger charge is -2.28. The summed E-state index contributed by atoms with van der Waals surface area (Å²) in [7, 11) is 1.82. The molecule has 1 aromatic carbocycles. The second-order valence-corrected chi connectivity index (χ2v) is 7.04. The second kappa shape index (κ2) is 8.60. The molecule has 0 bridgehead atoms. The first-order valence-corrected chi connectivity index (χ1v) is 8.57. The van der Waals surface area contributed by atoms with Crippen LogP contribution in [0.1, 0.15) is 27.2 Å². The fourth-order valence-corrected chi connectivity index (χ4v) is 2.43. The van der Waals surface area contributed by atoms with E-state index >= 15 is 0 Å². The summed E-state index contributed by atoms with van der Waals surface area (Å²) in [5.74, 6) is 1.22. The molecule has 27 heavy (non-hydrogen) atoms. The van der Waals surface area contributed by atoms with Gasteiger partial charge in [0, 0.05) is 31.8 Å². The number of amides is 1. The molecule has 1 aliphatic rings. The van der Waals surface area contributed by atoms with Gasteiger partial charge in [-0.3, -0.25) is 5.32 Å². The van der Waals surface area contributed by atoms with Crippen LogP contribution in [0, 0.1) is 11.5 Å². The molecule has 1 atom stereocenters. The zero-order valence-electron chi connectivity index (χ0n) is 15.9. The van der Waals surface area contributed by atoms with E-state index in [0.29, 0.717) is 24.6 Å². The average molecular weight is 375 g/mol. The Morgan fingerprint density at radius 1 is 1.52 bits per heavy atom. The first kappa shape index (κ1) is 20.3. The van der Waals surface area contributed by atoms with Gasteiger partial charge in [0.25, 0.3) is 0 Å². The maximum atomic E-state index is 11.6. The van der Waals surface area contributed by atoms with Crippen LogP contribution >= 0.6 is 0 Å². The summed E-state index contributed by atoms with van der Waals surface area (Å²) in [6, 6.07) is 5.56. The lowest BCUT2D eigenvalue weighted by molar-refractivity contribution is 0.0351. The Labute approximate surface area is 158 Å². The number of alkyl carbamates (subject to hydrolysis) is 1. The number of amidine groups is 1. The number of ether oxygens (including phenoxy) is 2. The smallest absolute Gasteiger partial charge is 0.409 e. The van der Waals surface area contributed by atoms with Crippen LogP contribution < -0.4 is 20.3 Å². The molecule has 1 aromatic rings. The maximum Gasteiger partial charge on any atom is 0.409 e. The number of anilines is 2. The third-order valence-electron chi connectivity index (χ3n) is 3.67. The zero-order valence-corrected chi connectivity index (χ0v) is 15.9. The Hall–Kier alpha value is -2.99. The van der Waals surface area contributed by atoms with Crippen molar-refractivity contribution in [2.24, 2.45) is 4.99 Å². The number of nitrogens with zero attached hydrogens (tertiary/aromatic N) is 3. The Morgan fingerprint density at radius 3 is 2.93 bits per heavy atom. The Morgan fingerprint density at radius 2 is 2.26 bits per heavy atom. The second-order valence-electron chi connectivity index (χ2n) is 7.04. The summed E-state index contributed by atoms with van der Waals surface area (Å²) in [4.78, 5) is 17.1. The molecule has 2 rings (SSSR count). The third-order valence-corrected chi connectivity index (χ3v) is 3.67. The minimum atomic E-state index is -1.02. The van der Waals surface area contributed by atoms with Gasteiger partial charge in [-0.2, -0.15) is 10.3 Å². The van der Waals surface area contributed by atoms with Gasteiger partial charge in [0.1, 0.15) is 24.2 Å². The van der Waals surface area contributed by atoms with Gasteiger partial charge in [-0.05, 0) is 32.9 Å². The molecule has 0 saturated heterocycles. The molecule has 0 spiro atoms. The number of nitriles is 1. The Balaban J connectivity index is 1.85. The SMILES string of the molecule is CN1C(=NC#N)COc2cc(NCCC(O)NC(=O)OC(C)(C)C)ccc21. The summed E-state index contributed by atoms with van der Waals surface area (Å²) < 4.78 is 10.7. The van der Waals surface area contributed by atoms with E-state index in [9.17, 15) is 9.90 Å². The van der Waals surface area contributed by atoms with Gasteiger partial charge in [-0.1, -0.05) is 0 Å². The van der Waals surface area contributed by atoms with Crippen molar-refractivity contribution in [2.75, 3.05) is 30.4 Å². The number of carbonyl (C=O) groups excluding carboxylic acids is 1. The summed E-state index contributed by atoms with van der Waals surface area (Å²) in [5, 5.41) is 24.1. The van der Waals surface area contributed by atoms with Gasteiger partial charge in [0.2, 0.25) is 6.19 Å². The third kappa shape index (κ3) is 6.04. The highest BCUT2D eigenvalue weighted by atomic mass is 16.6. The van der Waals surface area contributed by atoms with Crippen LogP contribution in [0.25, 0.3) is 0 Å². The number of fused-ring (bicyclic) bond motifs is 1. The molecule has 9 nitrogen and oxygen atoms in total. The van der Waals surface area contributed by atoms with Crippen molar-refractivity contribution in [3.8, 4) is 11.9 Å². The first-order chi connectivity index (χ1) is 12.7. The average Bonchev–Trinajstić information content (AvgIpc) is 2.55. The van der Waals surface area contributed by atoms with Crippen molar-refractivity contribution in [1.82, 2.24) is 5.32 Å². The molecule has 146 valence electrons. The van der Waals surface area contributed by atoms with Crippen LogP contribution in [0.5, 0.6) is 5.75 Å². The van der Waals surface area contributed by atoms with E-state index in [-0.39, 0.29) is 6.61 Å². The number of carbonyl (C=O) groups is 1. The highest BCUT2D eigenvalue weighted by Crippen LogP contribution is 2.33. The van der Waals surface area contributed by atoms with Crippen molar-refractivity contribution in [2.45, 2.75) is 39.0 Å². The number of aliphatic hydroxyl groups is 1. The van der Waals surface area contributed by atoms with E-state index in [2.05, 4.69) is 15.6 Å². The molecule has 1 unspecified atom stereocenters. The molecule has 1 aliphatic heterocycles. The standard InChI is InChI=1S/C18H25N5O4/c1-18(2,3)27-17(25)22-16(24)7-8-20-12-5-6-13-14(9-12)26-10-15(21-11-19)23(13)4/h5-6,9,16,20,24H,7-8,10H2,1-4H3,(H,22,25). The van der Waals surface area contributed by atoms with E-state index in [1.165, 1.54) is 0 Å². The molecule has 1 heterocycles. The van der Waals surface area contributed by atoms with E-state index in [1.54, 1.807) is 31.9 Å². The topological polar surface area (TPSA) is 119 Å². The summed E-state index contributed by atoms with van der Waals surface area (Å²) >= 11 is 0. The highest BCUT2D eigenvalue weighted by Gasteiger charge is 2.21. The number of aliphatic imine (C=N–C) groups is 1. The Kier molecular flexibility index (Phi) is 6.47. The fraction of sp³-hybridized carbons (Fsp3) is 0.500. The van der Waals surface area contributed by atoms with Gasteiger partial charge < -0.3 is 24.8 Å². The van der Waals surface area contributed by atoms with Crippen LogP contribution in [-0.4, -0.2) is 49.1 Å². The van der Waals surface area contributed by atoms with Gasteiger partial charge in [-0.15, -0.1) is 0 Å². The van der Waals surface area contributed by atoms with Crippen molar-refractivity contribution >= 4 is 23.3 Å². The van der Waals surface area contributed by atoms with E-state index in [0.717, 1.165) is 11.4 Å². The first-order valence-electron chi connectivity index (χ1n) is 8.57. The van der Waals surface area contributed by atoms with Crippen LogP contribution in [0.3, 0.4) is 0 Å².